The Morgan fingerprint density at radius 2 is 1.63 bits per heavy atom. The Morgan fingerprint density at radius 1 is 0.857 bits per heavy atom. The summed E-state index contributed by atoms with van der Waals surface area (Å²) in [5.74, 6) is -0.868. The van der Waals surface area contributed by atoms with Crippen LogP contribution in [0.4, 0.5) is 30.4 Å². The van der Waals surface area contributed by atoms with Gasteiger partial charge in [0, 0.05) is 118 Å². The number of amides is 2. The number of imide groups is 1. The van der Waals surface area contributed by atoms with Crippen LogP contribution in [0, 0.1) is 17.6 Å². The van der Waals surface area contributed by atoms with Gasteiger partial charge in [-0.25, -0.2) is 22.8 Å². The van der Waals surface area contributed by atoms with Gasteiger partial charge in [-0.05, 0) is 85.7 Å². The van der Waals surface area contributed by atoms with Gasteiger partial charge in [0.2, 0.25) is 11.8 Å². The van der Waals surface area contributed by atoms with E-state index in [1.807, 2.05) is 18.2 Å². The summed E-state index contributed by atoms with van der Waals surface area (Å²) in [7, 11) is -4.29. The van der Waals surface area contributed by atoms with Crippen molar-refractivity contribution in [3.63, 3.8) is 0 Å². The van der Waals surface area contributed by atoms with Crippen LogP contribution in [-0.2, 0) is 19.8 Å². The fourth-order valence-electron chi connectivity index (χ4n) is 8.97. The van der Waals surface area contributed by atoms with E-state index >= 15 is 8.78 Å². The zero-order valence-electron chi connectivity index (χ0n) is 34.3. The van der Waals surface area contributed by atoms with E-state index in [4.69, 9.17) is 16.7 Å². The summed E-state index contributed by atoms with van der Waals surface area (Å²) in [5, 5.41) is 7.14. The van der Waals surface area contributed by atoms with Gasteiger partial charge in [0.15, 0.2) is 11.6 Å². The predicted molar refractivity (Wildman–Crippen MR) is 234 cm³/mol. The Labute approximate surface area is 368 Å². The van der Waals surface area contributed by atoms with E-state index in [-0.39, 0.29) is 64.8 Å². The Balaban J connectivity index is 0.842. The van der Waals surface area contributed by atoms with Crippen LogP contribution in [0.5, 0.6) is 0 Å². The van der Waals surface area contributed by atoms with Crippen LogP contribution >= 0.6 is 11.6 Å². The summed E-state index contributed by atoms with van der Waals surface area (Å²) in [6, 6.07) is 14.7. The molecule has 5 aromatic rings. The van der Waals surface area contributed by atoms with Gasteiger partial charge >= 0.3 is 10.2 Å². The minimum absolute atomic E-state index is 0.0357. The first kappa shape index (κ1) is 42.7. The Kier molecular flexibility index (Phi) is 12.1. The van der Waals surface area contributed by atoms with Crippen LogP contribution < -0.4 is 19.8 Å². The molecule has 4 aliphatic rings. The molecule has 0 radical (unpaired) electrons. The Hall–Kier alpha value is -5.56. The number of hydrogen-bond acceptors (Lipinski definition) is 10. The van der Waals surface area contributed by atoms with Crippen molar-refractivity contribution >= 4 is 50.8 Å². The summed E-state index contributed by atoms with van der Waals surface area (Å²) in [4.78, 5) is 39.5. The number of nitrogens with one attached hydrogen (secondary N) is 2. The number of carbonyl (C=O) groups is 2. The molecule has 14 nitrogen and oxygen atoms in total. The molecule has 0 saturated carbocycles. The highest BCUT2D eigenvalue weighted by Gasteiger charge is 2.33. The molecule has 63 heavy (non-hydrogen) atoms. The molecule has 2 N–H and O–H groups in total. The Bertz CT molecular complexity index is 2610. The van der Waals surface area contributed by atoms with E-state index in [0.29, 0.717) is 24.3 Å². The highest BCUT2D eigenvalue weighted by atomic mass is 35.5. The fourth-order valence-corrected chi connectivity index (χ4v) is 10.4. The molecule has 2 aromatic carbocycles. The highest BCUT2D eigenvalue weighted by Crippen LogP contribution is 2.39. The summed E-state index contributed by atoms with van der Waals surface area (Å²) >= 11 is 6.44. The maximum atomic E-state index is 16.4. The normalized spacial score (nSPS) is 20.6. The van der Waals surface area contributed by atoms with E-state index in [2.05, 4.69) is 34.7 Å². The van der Waals surface area contributed by atoms with Gasteiger partial charge in [0.25, 0.3) is 0 Å². The lowest BCUT2D eigenvalue weighted by Crippen LogP contribution is -2.49. The lowest BCUT2D eigenvalue weighted by Gasteiger charge is -2.40. The van der Waals surface area contributed by atoms with Crippen molar-refractivity contribution in [2.24, 2.45) is 5.92 Å². The number of halogens is 4. The minimum atomic E-state index is -4.29. The third-order valence-corrected chi connectivity index (χ3v) is 14.2. The first-order chi connectivity index (χ1) is 30.4. The first-order valence-corrected chi connectivity index (χ1v) is 22.9. The van der Waals surface area contributed by atoms with Gasteiger partial charge in [-0.3, -0.25) is 29.5 Å². The van der Waals surface area contributed by atoms with Crippen LogP contribution in [-0.4, -0.2) is 114 Å². The smallest absolute Gasteiger partial charge is 0.301 e. The van der Waals surface area contributed by atoms with E-state index in [0.717, 1.165) is 86.1 Å². The molecule has 19 heteroatoms. The maximum absolute atomic E-state index is 16.4. The van der Waals surface area contributed by atoms with E-state index < -0.39 is 33.7 Å². The topological polar surface area (TPSA) is 149 Å². The molecule has 1 unspecified atom stereocenters. The van der Waals surface area contributed by atoms with Gasteiger partial charge in [-0.1, -0.05) is 17.7 Å². The summed E-state index contributed by atoms with van der Waals surface area (Å²) in [5.41, 5.74) is 2.28. The van der Waals surface area contributed by atoms with Crippen molar-refractivity contribution in [1.29, 1.82) is 0 Å². The Morgan fingerprint density at radius 3 is 2.32 bits per heavy atom. The number of anilines is 3. The minimum Gasteiger partial charge on any atom is -0.369 e. The number of rotatable bonds is 11. The third-order valence-electron chi connectivity index (χ3n) is 12.5. The monoisotopic (exact) mass is 902 g/mol. The molecule has 4 aliphatic heterocycles. The molecule has 7 heterocycles. The molecule has 0 spiro atoms. The van der Waals surface area contributed by atoms with Crippen LogP contribution in [0.1, 0.15) is 43.6 Å². The summed E-state index contributed by atoms with van der Waals surface area (Å²) < 4.78 is 77.0. The lowest BCUT2D eigenvalue weighted by atomic mass is 9.91. The zero-order valence-corrected chi connectivity index (χ0v) is 35.8. The number of piperidine rings is 2. The van der Waals surface area contributed by atoms with Crippen LogP contribution in [0.25, 0.3) is 28.1 Å². The first-order valence-electron chi connectivity index (χ1n) is 21.1. The molecule has 2 amide bonds. The quantitative estimate of drug-likeness (QED) is 0.147. The molecular weight excluding hydrogens is 857 g/mol. The zero-order chi connectivity index (χ0) is 43.8. The second-order valence-electron chi connectivity index (χ2n) is 16.5. The highest BCUT2D eigenvalue weighted by molar-refractivity contribution is 7.90. The van der Waals surface area contributed by atoms with Crippen molar-refractivity contribution in [3.05, 3.63) is 102 Å². The lowest BCUT2D eigenvalue weighted by molar-refractivity contribution is -0.134. The largest absolute Gasteiger partial charge is 0.369 e. The van der Waals surface area contributed by atoms with E-state index in [1.165, 1.54) is 23.0 Å². The maximum Gasteiger partial charge on any atom is 0.301 e. The van der Waals surface area contributed by atoms with Crippen LogP contribution in [0.3, 0.4) is 0 Å². The van der Waals surface area contributed by atoms with Crippen LogP contribution in [0.2, 0.25) is 5.02 Å². The molecule has 0 aliphatic carbocycles. The van der Waals surface area contributed by atoms with Gasteiger partial charge in [-0.2, -0.15) is 17.8 Å². The van der Waals surface area contributed by atoms with Gasteiger partial charge < -0.3 is 9.80 Å². The number of hydrogen-bond donors (Lipinski definition) is 2. The molecule has 2 atom stereocenters. The van der Waals surface area contributed by atoms with Crippen LogP contribution in [0.15, 0.2) is 79.4 Å². The van der Waals surface area contributed by atoms with Gasteiger partial charge in [-0.15, -0.1) is 0 Å². The molecule has 9 rings (SSSR count). The predicted octanol–water partition coefficient (Wildman–Crippen LogP) is 6.19. The third kappa shape index (κ3) is 9.25. The van der Waals surface area contributed by atoms with Crippen molar-refractivity contribution < 1.29 is 31.2 Å². The number of nitrogens with zero attached hydrogens (tertiary/aromatic N) is 8. The van der Waals surface area contributed by atoms with Gasteiger partial charge in [0.1, 0.15) is 23.4 Å². The number of alkyl halides is 1. The number of piperazine rings is 1. The second kappa shape index (κ2) is 17.9. The molecule has 4 saturated heterocycles. The molecule has 330 valence electrons. The fraction of sp³-hybridized carbons (Fsp3) is 0.386. The van der Waals surface area contributed by atoms with E-state index in [9.17, 15) is 22.4 Å². The number of carbonyl (C=O) groups excluding carboxylic acids is 2. The second-order valence-corrected chi connectivity index (χ2v) is 18.7. The number of benzene rings is 2. The molecule has 4 fully saturated rings. The average Bonchev–Trinajstić information content (AvgIpc) is 3.93. The molecule has 0 bridgehead atoms. The van der Waals surface area contributed by atoms with Crippen molar-refractivity contribution in [1.82, 2.24) is 34.3 Å². The van der Waals surface area contributed by atoms with Crippen molar-refractivity contribution in [2.45, 2.75) is 44.2 Å². The standard InChI is InChI=1S/C44H46ClF3N10O4S/c45-31-21-35(42(48)38(22-31)53-63(61,62)57-16-11-32(46)26-57)36-27-58(52-43(36)29-7-12-49-13-8-29)39-4-2-33(23-37(39)47)55-19-17-54(18-20-55)25-28-9-14-56(15-10-28)40-5-1-30(24-50-40)34-3-6-41(59)51-44(34)60/h1-2,4-5,7-8,12-13,21-24,27-28,32,34,53H,3,6,9-11,14-20,25-26H2,(H,51,59,60)/t32-,34?/m1/s1. The number of pyridine rings is 2. The molecule has 3 aromatic heterocycles. The van der Waals surface area contributed by atoms with Gasteiger partial charge in [0.05, 0.1) is 11.6 Å². The average molecular weight is 903 g/mol. The molecular formula is C44H46ClF3N10O4S. The van der Waals surface area contributed by atoms with Crippen molar-refractivity contribution in [3.8, 4) is 28.1 Å². The SMILES string of the molecule is O=C1CCC(c2ccc(N3CCC(CN4CCN(c5ccc(-n6cc(-c7cc(Cl)cc(NS(=O)(=O)N8CC[C@@H](F)C8)c7F)c(-c7ccncc7)n6)c(F)c5)CC4)CC3)nc2)C(=O)N1. The van der Waals surface area contributed by atoms with Crippen molar-refractivity contribution in [2.75, 3.05) is 73.4 Å². The number of aromatic nitrogens is 4. The summed E-state index contributed by atoms with van der Waals surface area (Å²) in [6.45, 7) is 5.51. The summed E-state index contributed by atoms with van der Waals surface area (Å²) in [6.07, 6.45) is 7.97. The van der Waals surface area contributed by atoms with E-state index in [1.54, 1.807) is 36.8 Å².